The fourth-order valence-corrected chi connectivity index (χ4v) is 1.48. The van der Waals surface area contributed by atoms with Gasteiger partial charge in [-0.25, -0.2) is 0 Å². The van der Waals surface area contributed by atoms with Crippen molar-refractivity contribution in [2.75, 3.05) is 6.61 Å². The monoisotopic (exact) mass is 172 g/mol. The van der Waals surface area contributed by atoms with E-state index in [0.29, 0.717) is 12.5 Å². The summed E-state index contributed by atoms with van der Waals surface area (Å²) >= 11 is 0. The molecule has 0 bridgehead atoms. The molecule has 0 aliphatic carbocycles. The highest BCUT2D eigenvalue weighted by Gasteiger charge is 2.31. The number of amides is 1. The molecule has 4 nitrogen and oxygen atoms in total. The molecule has 1 aliphatic heterocycles. The van der Waals surface area contributed by atoms with Gasteiger partial charge in [0.05, 0.1) is 12.6 Å². The normalized spacial score (nSPS) is 29.5. The van der Waals surface area contributed by atoms with E-state index in [1.165, 1.54) is 0 Å². The maximum absolute atomic E-state index is 10.9. The van der Waals surface area contributed by atoms with E-state index in [1.54, 1.807) is 0 Å². The fraction of sp³-hybridized carbons (Fsp3) is 0.875. The first-order valence-corrected chi connectivity index (χ1v) is 4.29. The van der Waals surface area contributed by atoms with Crippen LogP contribution in [0.4, 0.5) is 0 Å². The molecule has 1 heterocycles. The van der Waals surface area contributed by atoms with Crippen molar-refractivity contribution >= 4 is 5.91 Å². The maximum Gasteiger partial charge on any atom is 0.221 e. The molecular weight excluding hydrogens is 156 g/mol. The summed E-state index contributed by atoms with van der Waals surface area (Å²) in [5.41, 5.74) is 0. The second kappa shape index (κ2) is 3.87. The highest BCUT2D eigenvalue weighted by Crippen LogP contribution is 2.08. The first-order valence-electron chi connectivity index (χ1n) is 4.29. The first-order chi connectivity index (χ1) is 5.63. The van der Waals surface area contributed by atoms with Crippen LogP contribution in [0, 0.1) is 0 Å². The third-order valence-electron chi connectivity index (χ3n) is 1.98. The van der Waals surface area contributed by atoms with E-state index in [9.17, 15) is 4.79 Å². The van der Waals surface area contributed by atoms with Gasteiger partial charge in [0, 0.05) is 18.5 Å². The van der Waals surface area contributed by atoms with Gasteiger partial charge in [0.1, 0.15) is 0 Å². The van der Waals surface area contributed by atoms with Crippen LogP contribution >= 0.6 is 0 Å². The number of hydrogen-bond acceptors (Lipinski definition) is 3. The van der Waals surface area contributed by atoms with Crippen LogP contribution in [0.15, 0.2) is 0 Å². The Kier molecular flexibility index (Phi) is 3.05. The van der Waals surface area contributed by atoms with Crippen molar-refractivity contribution in [3.63, 3.8) is 0 Å². The van der Waals surface area contributed by atoms with Crippen LogP contribution in [0.2, 0.25) is 0 Å². The van der Waals surface area contributed by atoms with Crippen LogP contribution < -0.4 is 10.6 Å². The summed E-state index contributed by atoms with van der Waals surface area (Å²) in [6.07, 6.45) is 0.476. The van der Waals surface area contributed by atoms with Gasteiger partial charge >= 0.3 is 0 Å². The van der Waals surface area contributed by atoms with Crippen molar-refractivity contribution < 1.29 is 9.90 Å². The van der Waals surface area contributed by atoms with Gasteiger partial charge in [-0.15, -0.1) is 0 Å². The van der Waals surface area contributed by atoms with Crippen molar-refractivity contribution in [2.45, 2.75) is 38.4 Å². The second-order valence-corrected chi connectivity index (χ2v) is 3.49. The van der Waals surface area contributed by atoms with Crippen LogP contribution in [0.1, 0.15) is 20.3 Å². The molecule has 1 fully saturated rings. The van der Waals surface area contributed by atoms with Gasteiger partial charge in [-0.1, -0.05) is 13.8 Å². The summed E-state index contributed by atoms with van der Waals surface area (Å²) in [6, 6.07) is 0.319. The molecule has 2 unspecified atom stereocenters. The van der Waals surface area contributed by atoms with Gasteiger partial charge in [-0.3, -0.25) is 4.79 Å². The standard InChI is InChI=1S/C8H16N2O2/c1-5(2)9-6-3-8(12)10-7(6)4-11/h5-7,9,11H,3-4H2,1-2H3,(H,10,12). The Balaban J connectivity index is 2.46. The molecule has 0 aromatic carbocycles. The average Bonchev–Trinajstić information content (AvgIpc) is 2.29. The summed E-state index contributed by atoms with van der Waals surface area (Å²) in [5.74, 6) is 0.0206. The minimum absolute atomic E-state index is 0.0100. The largest absolute Gasteiger partial charge is 0.394 e. The molecule has 0 spiro atoms. The van der Waals surface area contributed by atoms with Crippen molar-refractivity contribution in [1.82, 2.24) is 10.6 Å². The molecule has 2 atom stereocenters. The van der Waals surface area contributed by atoms with Gasteiger partial charge in [-0.2, -0.15) is 0 Å². The lowest BCUT2D eigenvalue weighted by molar-refractivity contribution is -0.119. The van der Waals surface area contributed by atoms with Crippen LogP contribution in [0.25, 0.3) is 0 Å². The predicted octanol–water partition coefficient (Wildman–Crippen LogP) is -0.766. The zero-order valence-electron chi connectivity index (χ0n) is 7.50. The molecule has 1 aliphatic rings. The fourth-order valence-electron chi connectivity index (χ4n) is 1.48. The number of carbonyl (C=O) groups is 1. The highest BCUT2D eigenvalue weighted by atomic mass is 16.3. The molecule has 4 heteroatoms. The third kappa shape index (κ3) is 2.19. The van der Waals surface area contributed by atoms with E-state index >= 15 is 0 Å². The Labute approximate surface area is 72.3 Å². The summed E-state index contributed by atoms with van der Waals surface area (Å²) in [5, 5.41) is 14.8. The van der Waals surface area contributed by atoms with Gasteiger partial charge in [0.2, 0.25) is 5.91 Å². The molecule has 0 radical (unpaired) electrons. The van der Waals surface area contributed by atoms with E-state index in [1.807, 2.05) is 13.8 Å². The van der Waals surface area contributed by atoms with Gasteiger partial charge in [0.15, 0.2) is 0 Å². The molecule has 0 aromatic heterocycles. The topological polar surface area (TPSA) is 61.4 Å². The summed E-state index contributed by atoms with van der Waals surface area (Å²) in [6.45, 7) is 4.06. The molecule has 0 saturated carbocycles. The second-order valence-electron chi connectivity index (χ2n) is 3.49. The lowest BCUT2D eigenvalue weighted by Crippen LogP contribution is -2.45. The summed E-state index contributed by atoms with van der Waals surface area (Å²) in [4.78, 5) is 10.9. The Morgan fingerprint density at radius 3 is 2.92 bits per heavy atom. The van der Waals surface area contributed by atoms with Gasteiger partial charge < -0.3 is 15.7 Å². The van der Waals surface area contributed by atoms with E-state index < -0.39 is 0 Å². The molecule has 1 amide bonds. The SMILES string of the molecule is CC(C)NC1CC(=O)NC1CO. The Morgan fingerprint density at radius 1 is 1.75 bits per heavy atom. The van der Waals surface area contributed by atoms with Crippen molar-refractivity contribution in [2.24, 2.45) is 0 Å². The maximum atomic E-state index is 10.9. The van der Waals surface area contributed by atoms with E-state index in [-0.39, 0.29) is 24.6 Å². The van der Waals surface area contributed by atoms with Crippen molar-refractivity contribution in [3.8, 4) is 0 Å². The summed E-state index contributed by atoms with van der Waals surface area (Å²) in [7, 11) is 0. The third-order valence-corrected chi connectivity index (χ3v) is 1.98. The molecule has 70 valence electrons. The zero-order chi connectivity index (χ0) is 9.14. The minimum Gasteiger partial charge on any atom is -0.394 e. The quantitative estimate of drug-likeness (QED) is 0.524. The average molecular weight is 172 g/mol. The number of aliphatic hydroxyl groups is 1. The first kappa shape index (κ1) is 9.48. The molecule has 1 rings (SSSR count). The van der Waals surface area contributed by atoms with Crippen molar-refractivity contribution in [1.29, 1.82) is 0 Å². The smallest absolute Gasteiger partial charge is 0.221 e. The van der Waals surface area contributed by atoms with Crippen LogP contribution in [-0.2, 0) is 4.79 Å². The molecule has 0 aromatic rings. The van der Waals surface area contributed by atoms with E-state index in [4.69, 9.17) is 5.11 Å². The Hall–Kier alpha value is -0.610. The number of carbonyl (C=O) groups excluding carboxylic acids is 1. The van der Waals surface area contributed by atoms with Gasteiger partial charge in [0.25, 0.3) is 0 Å². The number of nitrogens with one attached hydrogen (secondary N) is 2. The Bertz CT molecular complexity index is 170. The number of aliphatic hydroxyl groups excluding tert-OH is 1. The summed E-state index contributed by atoms with van der Waals surface area (Å²) < 4.78 is 0. The minimum atomic E-state index is -0.111. The molecule has 12 heavy (non-hydrogen) atoms. The molecule has 3 N–H and O–H groups in total. The van der Waals surface area contributed by atoms with Crippen molar-refractivity contribution in [3.05, 3.63) is 0 Å². The Morgan fingerprint density at radius 2 is 2.42 bits per heavy atom. The molecule has 1 saturated heterocycles. The molecular formula is C8H16N2O2. The lowest BCUT2D eigenvalue weighted by Gasteiger charge is -2.20. The van der Waals surface area contributed by atoms with Crippen LogP contribution in [0.5, 0.6) is 0 Å². The highest BCUT2D eigenvalue weighted by molar-refractivity contribution is 5.79. The van der Waals surface area contributed by atoms with Crippen LogP contribution in [0.3, 0.4) is 0 Å². The number of rotatable bonds is 3. The van der Waals surface area contributed by atoms with Crippen LogP contribution in [-0.4, -0.2) is 35.7 Å². The van der Waals surface area contributed by atoms with Gasteiger partial charge in [-0.05, 0) is 0 Å². The van der Waals surface area contributed by atoms with E-state index in [0.717, 1.165) is 0 Å². The zero-order valence-corrected chi connectivity index (χ0v) is 7.50. The lowest BCUT2D eigenvalue weighted by atomic mass is 10.1. The number of hydrogen-bond donors (Lipinski definition) is 3. The predicted molar refractivity (Wildman–Crippen MR) is 45.7 cm³/mol. The van der Waals surface area contributed by atoms with E-state index in [2.05, 4.69) is 10.6 Å².